The van der Waals surface area contributed by atoms with E-state index in [0.717, 1.165) is 11.4 Å². The molecule has 1 aliphatic rings. The predicted octanol–water partition coefficient (Wildman–Crippen LogP) is 2.26. The van der Waals surface area contributed by atoms with E-state index in [9.17, 15) is 4.79 Å². The van der Waals surface area contributed by atoms with Crippen LogP contribution in [0.1, 0.15) is 0 Å². The number of ether oxygens (including phenoxy) is 2. The summed E-state index contributed by atoms with van der Waals surface area (Å²) in [6, 6.07) is 7.24. The second-order valence-corrected chi connectivity index (χ2v) is 3.78. The Bertz CT molecular complexity index is 379. The van der Waals surface area contributed by atoms with Crippen LogP contribution in [-0.4, -0.2) is 31.7 Å². The van der Waals surface area contributed by atoms with Crippen molar-refractivity contribution < 1.29 is 14.3 Å². The first-order valence-electron chi connectivity index (χ1n) is 4.92. The second kappa shape index (κ2) is 4.61. The van der Waals surface area contributed by atoms with Gasteiger partial charge in [-0.15, -0.1) is 11.6 Å². The van der Waals surface area contributed by atoms with Crippen molar-refractivity contribution >= 4 is 23.4 Å². The van der Waals surface area contributed by atoms with Crippen molar-refractivity contribution in [3.63, 3.8) is 0 Å². The number of hydrogen-bond donors (Lipinski definition) is 0. The molecule has 2 rings (SSSR count). The average Bonchev–Trinajstić information content (AvgIpc) is 2.71. The molecular weight excluding hydrogens is 230 g/mol. The van der Waals surface area contributed by atoms with Crippen LogP contribution in [0.25, 0.3) is 0 Å². The van der Waals surface area contributed by atoms with E-state index in [2.05, 4.69) is 0 Å². The van der Waals surface area contributed by atoms with Crippen LogP contribution in [0.5, 0.6) is 5.75 Å². The van der Waals surface area contributed by atoms with E-state index in [4.69, 9.17) is 21.1 Å². The van der Waals surface area contributed by atoms with E-state index in [1.54, 1.807) is 24.1 Å². The Morgan fingerprint density at radius 3 is 2.69 bits per heavy atom. The average molecular weight is 242 g/mol. The largest absolute Gasteiger partial charge is 0.497 e. The highest BCUT2D eigenvalue weighted by Crippen LogP contribution is 2.24. The monoisotopic (exact) mass is 241 g/mol. The number of nitrogens with zero attached hydrogens (tertiary/aromatic N) is 1. The number of cyclic esters (lactones) is 1. The highest BCUT2D eigenvalue weighted by atomic mass is 35.5. The molecule has 0 unspecified atom stereocenters. The maximum atomic E-state index is 11.5. The van der Waals surface area contributed by atoms with Crippen molar-refractivity contribution in [2.45, 2.75) is 6.10 Å². The maximum absolute atomic E-state index is 11.5. The summed E-state index contributed by atoms with van der Waals surface area (Å²) in [6.07, 6.45) is -0.577. The highest BCUT2D eigenvalue weighted by molar-refractivity contribution is 6.18. The van der Waals surface area contributed by atoms with Gasteiger partial charge < -0.3 is 9.47 Å². The first-order chi connectivity index (χ1) is 7.74. The molecule has 0 N–H and O–H groups in total. The number of amides is 1. The summed E-state index contributed by atoms with van der Waals surface area (Å²) < 4.78 is 10.1. The van der Waals surface area contributed by atoms with E-state index < -0.39 is 0 Å². The number of anilines is 1. The third-order valence-corrected chi connectivity index (χ3v) is 2.77. The van der Waals surface area contributed by atoms with Gasteiger partial charge >= 0.3 is 6.09 Å². The number of halogens is 1. The van der Waals surface area contributed by atoms with Gasteiger partial charge in [0.05, 0.1) is 19.5 Å². The van der Waals surface area contributed by atoms with Crippen LogP contribution in [0.4, 0.5) is 10.5 Å². The molecule has 0 spiro atoms. The molecule has 1 amide bonds. The van der Waals surface area contributed by atoms with Crippen molar-refractivity contribution in [3.05, 3.63) is 24.3 Å². The van der Waals surface area contributed by atoms with Gasteiger partial charge in [-0.3, -0.25) is 4.90 Å². The summed E-state index contributed by atoms with van der Waals surface area (Å²) in [7, 11) is 1.60. The summed E-state index contributed by atoms with van der Waals surface area (Å²) in [5.41, 5.74) is 0.790. The van der Waals surface area contributed by atoms with E-state index in [1.165, 1.54) is 0 Å². The van der Waals surface area contributed by atoms with Crippen molar-refractivity contribution in [1.82, 2.24) is 0 Å². The van der Waals surface area contributed by atoms with Crippen molar-refractivity contribution in [2.75, 3.05) is 24.4 Å². The lowest BCUT2D eigenvalue weighted by Crippen LogP contribution is -2.24. The number of benzene rings is 1. The number of methoxy groups -OCH3 is 1. The van der Waals surface area contributed by atoms with Gasteiger partial charge in [-0.05, 0) is 24.3 Å². The number of alkyl halides is 1. The van der Waals surface area contributed by atoms with Gasteiger partial charge in [-0.1, -0.05) is 0 Å². The molecule has 1 fully saturated rings. The maximum Gasteiger partial charge on any atom is 0.414 e. The Morgan fingerprint density at radius 2 is 2.19 bits per heavy atom. The zero-order valence-corrected chi connectivity index (χ0v) is 9.61. The standard InChI is InChI=1S/C11H12ClNO3/c1-15-9-4-2-8(3-5-9)13-7-10(6-12)16-11(13)14/h2-5,10H,6-7H2,1H3/t10-/m0/s1. The molecule has 0 radical (unpaired) electrons. The van der Waals surface area contributed by atoms with Gasteiger partial charge in [-0.25, -0.2) is 4.79 Å². The highest BCUT2D eigenvalue weighted by Gasteiger charge is 2.31. The van der Waals surface area contributed by atoms with Crippen LogP contribution >= 0.6 is 11.6 Å². The summed E-state index contributed by atoms with van der Waals surface area (Å²) in [4.78, 5) is 13.1. The van der Waals surface area contributed by atoms with E-state index >= 15 is 0 Å². The van der Waals surface area contributed by atoms with Gasteiger partial charge in [0.2, 0.25) is 0 Å². The molecule has 0 bridgehead atoms. The SMILES string of the molecule is COc1ccc(N2C[C@H](CCl)OC2=O)cc1. The predicted molar refractivity (Wildman–Crippen MR) is 61.3 cm³/mol. The topological polar surface area (TPSA) is 38.8 Å². The van der Waals surface area contributed by atoms with E-state index in [1.807, 2.05) is 12.1 Å². The van der Waals surface area contributed by atoms with Crippen molar-refractivity contribution in [1.29, 1.82) is 0 Å². The summed E-state index contributed by atoms with van der Waals surface area (Å²) in [5, 5.41) is 0. The molecule has 1 saturated heterocycles. The van der Waals surface area contributed by atoms with Gasteiger partial charge in [-0.2, -0.15) is 0 Å². The summed E-state index contributed by atoms with van der Waals surface area (Å²) >= 11 is 5.65. The normalized spacial score (nSPS) is 19.8. The van der Waals surface area contributed by atoms with E-state index in [0.29, 0.717) is 12.4 Å². The quantitative estimate of drug-likeness (QED) is 0.762. The third kappa shape index (κ3) is 2.07. The van der Waals surface area contributed by atoms with E-state index in [-0.39, 0.29) is 12.2 Å². The molecule has 4 nitrogen and oxygen atoms in total. The molecule has 1 atom stereocenters. The fraction of sp³-hybridized carbons (Fsp3) is 0.364. The Hall–Kier alpha value is -1.42. The Kier molecular flexibility index (Phi) is 3.19. The lowest BCUT2D eigenvalue weighted by atomic mass is 10.2. The molecule has 5 heteroatoms. The summed E-state index contributed by atoms with van der Waals surface area (Å²) in [6.45, 7) is 0.495. The molecular formula is C11H12ClNO3. The number of hydrogen-bond acceptors (Lipinski definition) is 3. The van der Waals surface area contributed by atoms with Gasteiger partial charge in [0, 0.05) is 5.69 Å². The van der Waals surface area contributed by atoms with Gasteiger partial charge in [0.1, 0.15) is 11.9 Å². The van der Waals surface area contributed by atoms with Gasteiger partial charge in [0.15, 0.2) is 0 Å². The van der Waals surface area contributed by atoms with Crippen LogP contribution in [0.2, 0.25) is 0 Å². The molecule has 1 heterocycles. The minimum Gasteiger partial charge on any atom is -0.497 e. The van der Waals surface area contributed by atoms with Gasteiger partial charge in [0.25, 0.3) is 0 Å². The molecule has 1 aromatic rings. The van der Waals surface area contributed by atoms with Crippen molar-refractivity contribution in [2.24, 2.45) is 0 Å². The van der Waals surface area contributed by atoms with Crippen molar-refractivity contribution in [3.8, 4) is 5.75 Å². The minimum atomic E-state index is -0.351. The molecule has 0 aliphatic carbocycles. The molecule has 1 aliphatic heterocycles. The zero-order valence-electron chi connectivity index (χ0n) is 8.85. The van der Waals surface area contributed by atoms with Crippen LogP contribution < -0.4 is 9.64 Å². The number of carbonyl (C=O) groups excluding carboxylic acids is 1. The smallest absolute Gasteiger partial charge is 0.414 e. The minimum absolute atomic E-state index is 0.226. The van der Waals surface area contributed by atoms with Crippen LogP contribution in [0.15, 0.2) is 24.3 Å². The van der Waals surface area contributed by atoms with Crippen LogP contribution in [0, 0.1) is 0 Å². The first kappa shape index (κ1) is 11.1. The second-order valence-electron chi connectivity index (χ2n) is 3.47. The Morgan fingerprint density at radius 1 is 1.50 bits per heavy atom. The third-order valence-electron chi connectivity index (χ3n) is 2.43. The van der Waals surface area contributed by atoms with Crippen LogP contribution in [0.3, 0.4) is 0 Å². The fourth-order valence-corrected chi connectivity index (χ4v) is 1.74. The Labute approximate surface area is 98.7 Å². The zero-order chi connectivity index (χ0) is 11.5. The number of carbonyl (C=O) groups is 1. The lowest BCUT2D eigenvalue weighted by Gasteiger charge is -2.12. The molecule has 0 saturated carbocycles. The summed E-state index contributed by atoms with van der Waals surface area (Å²) in [5.74, 6) is 1.07. The Balaban J connectivity index is 2.15. The molecule has 86 valence electrons. The van der Waals surface area contributed by atoms with Crippen LogP contribution in [-0.2, 0) is 4.74 Å². The fourth-order valence-electron chi connectivity index (χ4n) is 1.57. The molecule has 16 heavy (non-hydrogen) atoms. The molecule has 0 aromatic heterocycles. The lowest BCUT2D eigenvalue weighted by molar-refractivity contribution is 0.151. The number of rotatable bonds is 3. The molecule has 1 aromatic carbocycles. The first-order valence-corrected chi connectivity index (χ1v) is 5.46.